The highest BCUT2D eigenvalue weighted by molar-refractivity contribution is 6.32. The fourth-order valence-corrected chi connectivity index (χ4v) is 1.50. The molecule has 18 heavy (non-hydrogen) atoms. The van der Waals surface area contributed by atoms with E-state index >= 15 is 0 Å². The maximum Gasteiger partial charge on any atom is 0.411 e. The van der Waals surface area contributed by atoms with Gasteiger partial charge in [-0.15, -0.1) is 0 Å². The second kappa shape index (κ2) is 6.62. The molecule has 1 aromatic rings. The molecule has 4 nitrogen and oxygen atoms in total. The first-order chi connectivity index (χ1) is 8.58. The Hall–Kier alpha value is -2.06. The van der Waals surface area contributed by atoms with Crippen molar-refractivity contribution in [3.8, 4) is 6.07 Å². The van der Waals surface area contributed by atoms with Crippen molar-refractivity contribution in [1.29, 1.82) is 5.26 Å². The lowest BCUT2D eigenvalue weighted by Crippen LogP contribution is -2.23. The van der Waals surface area contributed by atoms with Gasteiger partial charge in [-0.2, -0.15) is 5.26 Å². The Kier molecular flexibility index (Phi) is 5.15. The topological polar surface area (TPSA) is 62.1 Å². The van der Waals surface area contributed by atoms with Gasteiger partial charge in [0.1, 0.15) is 5.82 Å². The lowest BCUT2D eigenvalue weighted by molar-refractivity contribution is 0.157. The molecule has 1 N–H and O–H groups in total. The number of rotatable bonds is 3. The van der Waals surface area contributed by atoms with Crippen LogP contribution in [-0.2, 0) is 4.74 Å². The molecule has 0 atom stereocenters. The van der Waals surface area contributed by atoms with E-state index in [1.807, 2.05) is 0 Å². The molecule has 0 saturated carbocycles. The van der Waals surface area contributed by atoms with Gasteiger partial charge in [0.15, 0.2) is 0 Å². The van der Waals surface area contributed by atoms with Crippen LogP contribution in [-0.4, -0.2) is 12.7 Å². The molecule has 0 bridgehead atoms. The minimum atomic E-state index is -0.709. The molecule has 1 rings (SSSR count). The summed E-state index contributed by atoms with van der Waals surface area (Å²) < 4.78 is 17.6. The van der Waals surface area contributed by atoms with Gasteiger partial charge in [0.05, 0.1) is 23.4 Å². The fourth-order valence-electron chi connectivity index (χ4n) is 1.23. The normalized spacial score (nSPS) is 10.7. The van der Waals surface area contributed by atoms with Crippen molar-refractivity contribution in [1.82, 2.24) is 5.32 Å². The summed E-state index contributed by atoms with van der Waals surface area (Å²) in [6.07, 6.45) is 0.384. The van der Waals surface area contributed by atoms with Crippen molar-refractivity contribution < 1.29 is 13.9 Å². The van der Waals surface area contributed by atoms with Gasteiger partial charge in [0.2, 0.25) is 0 Å². The van der Waals surface area contributed by atoms with Crippen LogP contribution in [0.25, 0.3) is 5.70 Å². The first kappa shape index (κ1) is 14.0. The van der Waals surface area contributed by atoms with Crippen LogP contribution in [0.3, 0.4) is 0 Å². The Balaban J connectivity index is 3.03. The molecule has 0 saturated heterocycles. The zero-order chi connectivity index (χ0) is 13.5. The van der Waals surface area contributed by atoms with Crippen molar-refractivity contribution in [2.75, 3.05) is 6.61 Å². The first-order valence-corrected chi connectivity index (χ1v) is 5.45. The predicted molar refractivity (Wildman–Crippen MR) is 65.2 cm³/mol. The van der Waals surface area contributed by atoms with Crippen LogP contribution in [0.1, 0.15) is 12.5 Å². The van der Waals surface area contributed by atoms with Crippen molar-refractivity contribution in [2.24, 2.45) is 0 Å². The Labute approximate surface area is 109 Å². The van der Waals surface area contributed by atoms with Crippen LogP contribution in [0.5, 0.6) is 0 Å². The third kappa shape index (κ3) is 3.75. The minimum Gasteiger partial charge on any atom is -0.450 e. The zero-order valence-electron chi connectivity index (χ0n) is 9.54. The highest BCUT2D eigenvalue weighted by atomic mass is 35.5. The summed E-state index contributed by atoms with van der Waals surface area (Å²) in [6.45, 7) is 1.85. The van der Waals surface area contributed by atoms with Gasteiger partial charge in [-0.1, -0.05) is 11.6 Å². The summed E-state index contributed by atoms with van der Waals surface area (Å²) in [5.41, 5.74) is 0.494. The van der Waals surface area contributed by atoms with E-state index in [9.17, 15) is 9.18 Å². The number of nitriles is 1. The van der Waals surface area contributed by atoms with Crippen LogP contribution >= 0.6 is 11.6 Å². The number of hydrogen-bond donors (Lipinski definition) is 1. The van der Waals surface area contributed by atoms with E-state index in [1.165, 1.54) is 12.1 Å². The molecular weight excluding hydrogens is 259 g/mol. The summed E-state index contributed by atoms with van der Waals surface area (Å²) in [6, 6.07) is 5.41. The van der Waals surface area contributed by atoms with E-state index in [2.05, 4.69) is 10.1 Å². The van der Waals surface area contributed by atoms with Gasteiger partial charge < -0.3 is 4.74 Å². The van der Waals surface area contributed by atoms with Gasteiger partial charge in [0, 0.05) is 11.6 Å². The van der Waals surface area contributed by atoms with E-state index in [1.54, 1.807) is 13.0 Å². The summed E-state index contributed by atoms with van der Waals surface area (Å²) in [4.78, 5) is 11.3. The molecule has 1 aromatic carbocycles. The van der Waals surface area contributed by atoms with Crippen molar-refractivity contribution in [2.45, 2.75) is 6.92 Å². The molecule has 94 valence electrons. The number of hydrogen-bond acceptors (Lipinski definition) is 3. The van der Waals surface area contributed by atoms with Crippen LogP contribution in [0.15, 0.2) is 24.3 Å². The smallest absolute Gasteiger partial charge is 0.411 e. The van der Waals surface area contributed by atoms with Crippen molar-refractivity contribution >= 4 is 23.4 Å². The number of nitrogens with one attached hydrogen (secondary N) is 1. The number of carbonyl (C=O) groups excluding carboxylic acids is 1. The lowest BCUT2D eigenvalue weighted by Gasteiger charge is -2.10. The van der Waals surface area contributed by atoms with E-state index in [0.717, 1.165) is 12.1 Å². The fraction of sp³-hybridized carbons (Fsp3) is 0.167. The highest BCUT2D eigenvalue weighted by Gasteiger charge is 2.11. The first-order valence-electron chi connectivity index (χ1n) is 5.07. The molecule has 0 fully saturated rings. The summed E-state index contributed by atoms with van der Waals surface area (Å²) >= 11 is 5.84. The molecule has 0 aliphatic heterocycles. The molecule has 0 spiro atoms. The maximum absolute atomic E-state index is 12.9. The molecule has 0 aliphatic carbocycles. The number of benzene rings is 1. The lowest BCUT2D eigenvalue weighted by atomic mass is 10.1. The average Bonchev–Trinajstić information content (AvgIpc) is 2.29. The molecule has 0 unspecified atom stereocenters. The number of amides is 1. The Morgan fingerprint density at radius 2 is 2.39 bits per heavy atom. The van der Waals surface area contributed by atoms with Crippen LogP contribution < -0.4 is 5.32 Å². The molecule has 0 aliphatic rings. The predicted octanol–water partition coefficient (Wildman–Crippen LogP) is 3.09. The molecule has 1 amide bonds. The molecule has 6 heteroatoms. The largest absolute Gasteiger partial charge is 0.450 e. The number of alkyl carbamates (subject to hydrolysis) is 1. The SMILES string of the molecule is CCOC(=O)NC(=CC#N)c1ccc(F)cc1Cl. The number of ether oxygens (including phenoxy) is 1. The average molecular weight is 269 g/mol. The van der Waals surface area contributed by atoms with Gasteiger partial charge in [-0.3, -0.25) is 5.32 Å². The Morgan fingerprint density at radius 1 is 1.67 bits per heavy atom. The van der Waals surface area contributed by atoms with Gasteiger partial charge >= 0.3 is 6.09 Å². The van der Waals surface area contributed by atoms with Crippen LogP contribution in [0.2, 0.25) is 5.02 Å². The molecule has 0 aromatic heterocycles. The third-order valence-electron chi connectivity index (χ3n) is 1.94. The van der Waals surface area contributed by atoms with E-state index in [4.69, 9.17) is 16.9 Å². The summed E-state index contributed by atoms with van der Waals surface area (Å²) in [5, 5.41) is 11.1. The number of halogens is 2. The Morgan fingerprint density at radius 3 is 2.94 bits per heavy atom. The Bertz CT molecular complexity index is 523. The molecule has 0 radical (unpaired) electrons. The van der Waals surface area contributed by atoms with Gasteiger partial charge in [-0.25, -0.2) is 9.18 Å². The van der Waals surface area contributed by atoms with Crippen LogP contribution in [0, 0.1) is 17.1 Å². The minimum absolute atomic E-state index is 0.0910. The van der Waals surface area contributed by atoms with Gasteiger partial charge in [0.25, 0.3) is 0 Å². The van der Waals surface area contributed by atoms with E-state index < -0.39 is 11.9 Å². The summed E-state index contributed by atoms with van der Waals surface area (Å²) in [5.74, 6) is -0.504. The second-order valence-electron chi connectivity index (χ2n) is 3.16. The standard InChI is InChI=1S/C12H10ClFN2O2/c1-2-18-12(17)16-11(5-6-15)9-4-3-8(14)7-10(9)13/h3-5,7H,2H2,1H3,(H,16,17). The van der Waals surface area contributed by atoms with Gasteiger partial charge in [-0.05, 0) is 25.1 Å². The molecule has 0 heterocycles. The maximum atomic E-state index is 12.9. The zero-order valence-corrected chi connectivity index (χ0v) is 10.3. The molecular formula is C12H10ClFN2O2. The van der Waals surface area contributed by atoms with Crippen molar-refractivity contribution in [3.05, 3.63) is 40.7 Å². The number of allylic oxidation sites excluding steroid dienone is 1. The summed E-state index contributed by atoms with van der Waals surface area (Å²) in [7, 11) is 0. The number of carbonyl (C=O) groups is 1. The van der Waals surface area contributed by atoms with E-state index in [0.29, 0.717) is 5.56 Å². The van der Waals surface area contributed by atoms with Crippen LogP contribution in [0.4, 0.5) is 9.18 Å². The van der Waals surface area contributed by atoms with E-state index in [-0.39, 0.29) is 17.3 Å². The quantitative estimate of drug-likeness (QED) is 0.857. The third-order valence-corrected chi connectivity index (χ3v) is 2.26. The second-order valence-corrected chi connectivity index (χ2v) is 3.56. The highest BCUT2D eigenvalue weighted by Crippen LogP contribution is 2.23. The monoisotopic (exact) mass is 268 g/mol. The van der Waals surface area contributed by atoms with Crippen molar-refractivity contribution in [3.63, 3.8) is 0 Å². The number of nitrogens with zero attached hydrogens (tertiary/aromatic N) is 1.